The standard InChI is InChI=1S/C27H28N2O4S/c1-6-18-9-13-19(14-10-18)21-15-22-24(16-23(21)29(4)34(5,31)32)33-26(25(22)27(30)28-3)20-11-7-17(2)8-12-20/h7-16H,6H2,1-5H3,(H,28,30). The Balaban J connectivity index is 2.05. The van der Waals surface area contributed by atoms with E-state index in [2.05, 4.69) is 12.2 Å². The summed E-state index contributed by atoms with van der Waals surface area (Å²) in [5.41, 5.74) is 5.93. The zero-order chi connectivity index (χ0) is 24.6. The minimum Gasteiger partial charge on any atom is -0.455 e. The van der Waals surface area contributed by atoms with E-state index in [4.69, 9.17) is 4.42 Å². The molecule has 0 unspecified atom stereocenters. The Hall–Kier alpha value is -3.58. The summed E-state index contributed by atoms with van der Waals surface area (Å²) in [6, 6.07) is 19.3. The summed E-state index contributed by atoms with van der Waals surface area (Å²) in [5, 5.41) is 3.33. The molecule has 0 bridgehead atoms. The van der Waals surface area contributed by atoms with E-state index in [-0.39, 0.29) is 5.91 Å². The number of fused-ring (bicyclic) bond motifs is 1. The van der Waals surface area contributed by atoms with Crippen LogP contribution in [0.1, 0.15) is 28.4 Å². The van der Waals surface area contributed by atoms with Gasteiger partial charge in [-0.1, -0.05) is 61.0 Å². The number of furan rings is 1. The smallest absolute Gasteiger partial charge is 0.255 e. The van der Waals surface area contributed by atoms with E-state index in [1.807, 2.05) is 61.5 Å². The number of anilines is 1. The highest BCUT2D eigenvalue weighted by atomic mass is 32.2. The van der Waals surface area contributed by atoms with Gasteiger partial charge in [-0.3, -0.25) is 9.10 Å². The Labute approximate surface area is 200 Å². The summed E-state index contributed by atoms with van der Waals surface area (Å²) in [4.78, 5) is 13.0. The summed E-state index contributed by atoms with van der Waals surface area (Å²) in [6.07, 6.45) is 2.06. The summed E-state index contributed by atoms with van der Waals surface area (Å²) in [7, 11) is -0.439. The molecule has 1 heterocycles. The second-order valence-corrected chi connectivity index (χ2v) is 10.4. The minimum atomic E-state index is -3.54. The van der Waals surface area contributed by atoms with Gasteiger partial charge in [-0.25, -0.2) is 8.42 Å². The second kappa shape index (κ2) is 8.99. The van der Waals surface area contributed by atoms with Gasteiger partial charge in [-0.05, 0) is 30.5 Å². The summed E-state index contributed by atoms with van der Waals surface area (Å²) < 4.78 is 32.4. The van der Waals surface area contributed by atoms with Crippen molar-refractivity contribution in [1.82, 2.24) is 5.32 Å². The molecule has 34 heavy (non-hydrogen) atoms. The van der Waals surface area contributed by atoms with Gasteiger partial charge >= 0.3 is 0 Å². The van der Waals surface area contributed by atoms with Gasteiger partial charge in [0.25, 0.3) is 5.91 Å². The van der Waals surface area contributed by atoms with E-state index < -0.39 is 10.0 Å². The molecule has 4 rings (SSSR count). The fourth-order valence-corrected chi connectivity index (χ4v) is 4.49. The molecule has 3 aromatic carbocycles. The summed E-state index contributed by atoms with van der Waals surface area (Å²) >= 11 is 0. The molecule has 1 N–H and O–H groups in total. The molecule has 0 aliphatic rings. The number of carbonyl (C=O) groups is 1. The fourth-order valence-electron chi connectivity index (χ4n) is 3.98. The van der Waals surface area contributed by atoms with Crippen molar-refractivity contribution in [2.45, 2.75) is 20.3 Å². The third-order valence-electron chi connectivity index (χ3n) is 6.08. The van der Waals surface area contributed by atoms with Crippen LogP contribution in [0.3, 0.4) is 0 Å². The average Bonchev–Trinajstić information content (AvgIpc) is 3.20. The van der Waals surface area contributed by atoms with Gasteiger partial charge in [0.05, 0.1) is 17.5 Å². The first-order valence-electron chi connectivity index (χ1n) is 11.1. The molecule has 4 aromatic rings. The normalized spacial score (nSPS) is 11.6. The zero-order valence-corrected chi connectivity index (χ0v) is 20.8. The van der Waals surface area contributed by atoms with Gasteiger partial charge in [-0.15, -0.1) is 0 Å². The molecule has 0 saturated carbocycles. The Morgan fingerprint density at radius 2 is 1.62 bits per heavy atom. The highest BCUT2D eigenvalue weighted by Crippen LogP contribution is 2.41. The lowest BCUT2D eigenvalue weighted by Gasteiger charge is -2.21. The first-order chi connectivity index (χ1) is 16.1. The van der Waals surface area contributed by atoms with Crippen molar-refractivity contribution >= 4 is 32.6 Å². The molecule has 0 fully saturated rings. The van der Waals surface area contributed by atoms with Crippen LogP contribution in [-0.2, 0) is 16.4 Å². The summed E-state index contributed by atoms with van der Waals surface area (Å²) in [5.74, 6) is 0.173. The van der Waals surface area contributed by atoms with Crippen LogP contribution in [0, 0.1) is 6.92 Å². The number of sulfonamides is 1. The molecule has 6 nitrogen and oxygen atoms in total. The molecule has 0 radical (unpaired) electrons. The van der Waals surface area contributed by atoms with Crippen LogP contribution >= 0.6 is 0 Å². The van der Waals surface area contributed by atoms with Crippen LogP contribution in [0.25, 0.3) is 33.4 Å². The number of amides is 1. The van der Waals surface area contributed by atoms with Crippen molar-refractivity contribution in [1.29, 1.82) is 0 Å². The van der Waals surface area contributed by atoms with Gasteiger partial charge in [0, 0.05) is 36.7 Å². The number of nitrogens with zero attached hydrogens (tertiary/aromatic N) is 1. The van der Waals surface area contributed by atoms with Crippen molar-refractivity contribution in [3.05, 3.63) is 77.4 Å². The van der Waals surface area contributed by atoms with E-state index in [1.165, 1.54) is 16.9 Å². The molecule has 7 heteroatoms. The van der Waals surface area contributed by atoms with Gasteiger partial charge in [0.1, 0.15) is 11.3 Å². The molecule has 0 atom stereocenters. The van der Waals surface area contributed by atoms with Crippen molar-refractivity contribution in [3.8, 4) is 22.5 Å². The summed E-state index contributed by atoms with van der Waals surface area (Å²) in [6.45, 7) is 4.07. The maximum absolute atomic E-state index is 13.0. The maximum Gasteiger partial charge on any atom is 0.255 e. The van der Waals surface area contributed by atoms with Crippen LogP contribution in [-0.4, -0.2) is 34.7 Å². The van der Waals surface area contributed by atoms with Gasteiger partial charge < -0.3 is 9.73 Å². The first kappa shape index (κ1) is 23.6. The quantitative estimate of drug-likeness (QED) is 0.404. The lowest BCUT2D eigenvalue weighted by atomic mass is 9.97. The molecule has 176 valence electrons. The van der Waals surface area contributed by atoms with E-state index in [1.54, 1.807) is 13.1 Å². The van der Waals surface area contributed by atoms with E-state index in [0.717, 1.165) is 29.4 Å². The number of carbonyl (C=O) groups excluding carboxylic acids is 1. The lowest BCUT2D eigenvalue weighted by Crippen LogP contribution is -2.25. The van der Waals surface area contributed by atoms with Crippen molar-refractivity contribution < 1.29 is 17.6 Å². The van der Waals surface area contributed by atoms with E-state index in [0.29, 0.717) is 33.5 Å². The number of aryl methyl sites for hydroxylation is 2. The van der Waals surface area contributed by atoms with Gasteiger partial charge in [0.2, 0.25) is 10.0 Å². The molecule has 0 saturated heterocycles. The molecule has 0 aliphatic heterocycles. The zero-order valence-electron chi connectivity index (χ0n) is 20.0. The lowest BCUT2D eigenvalue weighted by molar-refractivity contribution is 0.0964. The van der Waals surface area contributed by atoms with Crippen molar-refractivity contribution in [2.75, 3.05) is 24.7 Å². The van der Waals surface area contributed by atoms with Gasteiger partial charge in [-0.2, -0.15) is 0 Å². The van der Waals surface area contributed by atoms with Gasteiger partial charge in [0.15, 0.2) is 0 Å². The SMILES string of the molecule is CCc1ccc(-c2cc3c(C(=O)NC)c(-c4ccc(C)cc4)oc3cc2N(C)S(C)(=O)=O)cc1. The van der Waals surface area contributed by atoms with Crippen LogP contribution in [0.15, 0.2) is 65.1 Å². The Morgan fingerprint density at radius 3 is 2.18 bits per heavy atom. The molecule has 0 aliphatic carbocycles. The van der Waals surface area contributed by atoms with E-state index in [9.17, 15) is 13.2 Å². The largest absolute Gasteiger partial charge is 0.455 e. The molecule has 1 amide bonds. The molecular formula is C27H28N2O4S. The second-order valence-electron chi connectivity index (χ2n) is 8.40. The molecule has 1 aromatic heterocycles. The Morgan fingerprint density at radius 1 is 1.00 bits per heavy atom. The monoisotopic (exact) mass is 476 g/mol. The number of rotatable bonds is 6. The van der Waals surface area contributed by atoms with Crippen molar-refractivity contribution in [2.24, 2.45) is 0 Å². The number of hydrogen-bond acceptors (Lipinski definition) is 4. The predicted molar refractivity (Wildman–Crippen MR) is 138 cm³/mol. The first-order valence-corrected chi connectivity index (χ1v) is 12.9. The predicted octanol–water partition coefficient (Wildman–Crippen LogP) is 5.39. The maximum atomic E-state index is 13.0. The number of hydrogen-bond donors (Lipinski definition) is 1. The van der Waals surface area contributed by atoms with Crippen LogP contribution in [0.4, 0.5) is 5.69 Å². The van der Waals surface area contributed by atoms with Crippen LogP contribution in [0.5, 0.6) is 0 Å². The number of nitrogens with one attached hydrogen (secondary N) is 1. The minimum absolute atomic E-state index is 0.272. The topological polar surface area (TPSA) is 79.6 Å². The number of benzene rings is 3. The highest BCUT2D eigenvalue weighted by Gasteiger charge is 2.25. The highest BCUT2D eigenvalue weighted by molar-refractivity contribution is 7.92. The Bertz CT molecular complexity index is 1470. The van der Waals surface area contributed by atoms with Crippen LogP contribution in [0.2, 0.25) is 0 Å². The third-order valence-corrected chi connectivity index (χ3v) is 7.28. The fraction of sp³-hybridized carbons (Fsp3) is 0.222. The van der Waals surface area contributed by atoms with E-state index >= 15 is 0 Å². The Kier molecular flexibility index (Phi) is 6.23. The van der Waals surface area contributed by atoms with Crippen molar-refractivity contribution in [3.63, 3.8) is 0 Å². The molecular weight excluding hydrogens is 448 g/mol. The van der Waals surface area contributed by atoms with Crippen LogP contribution < -0.4 is 9.62 Å². The average molecular weight is 477 g/mol. The third kappa shape index (κ3) is 4.31. The molecule has 0 spiro atoms.